The van der Waals surface area contributed by atoms with Crippen LogP contribution in [0.25, 0.3) is 75.3 Å². The second-order valence-electron chi connectivity index (χ2n) is 10.7. The van der Waals surface area contributed by atoms with E-state index in [9.17, 15) is 22.0 Å². The van der Waals surface area contributed by atoms with Crippen LogP contribution in [0.5, 0.6) is 0 Å². The van der Waals surface area contributed by atoms with Gasteiger partial charge in [-0.15, -0.1) is 9.91 Å². The Morgan fingerprint density at radius 2 is 0.933 bits per heavy atom. The van der Waals surface area contributed by atoms with E-state index < -0.39 is 17.6 Å². The summed E-state index contributed by atoms with van der Waals surface area (Å²) in [6, 6.07) is 22.4. The van der Waals surface area contributed by atoms with Crippen LogP contribution in [0.2, 0.25) is 0 Å². The Morgan fingerprint density at radius 1 is 0.511 bits per heavy atom. The van der Waals surface area contributed by atoms with E-state index in [0.29, 0.717) is 55.0 Å². The molecule has 7 aromatic rings. The van der Waals surface area contributed by atoms with Crippen molar-refractivity contribution < 1.29 is 22.0 Å². The lowest BCUT2D eigenvalue weighted by atomic mass is 10.0. The van der Waals surface area contributed by atoms with Crippen LogP contribution in [0.15, 0.2) is 95.1 Å². The first-order valence-electron chi connectivity index (χ1n) is 13.6. The second kappa shape index (κ2) is 10.1. The standard InChI is InChI=1S/C36H17F5N4/c1-18-4-5-21(14-32(18)37)19-6-9-23-25-16-26-24-10-7-20(22-8-11-31(33(38)15-22)36(39,40)41)13-28(24)35(45-43-3)30(26)17-29(25)34(44-42-2)27(23)12-19/h4-17H,1H3/b44-34+,45-35-. The molecule has 0 saturated heterocycles. The molecule has 7 rings (SSSR count). The molecule has 0 heterocycles. The molecule has 0 aliphatic carbocycles. The molecule has 7 aromatic carbocycles. The highest BCUT2D eigenvalue weighted by atomic mass is 19.4. The SMILES string of the molecule is [C-]#[N+]/N=c1/c2cc(-c3ccc(C(F)(F)F)c(F)c3)ccc2c2cc3c(cc12)/c(=N/[N+]#[C-])c1cc(-c2ccc(C)c(F)c2)ccc13. The summed E-state index contributed by atoms with van der Waals surface area (Å²) >= 11 is 0. The van der Waals surface area contributed by atoms with E-state index in [2.05, 4.69) is 20.1 Å². The fourth-order valence-electron chi connectivity index (χ4n) is 6.05. The van der Waals surface area contributed by atoms with Crippen molar-refractivity contribution in [3.05, 3.63) is 141 Å². The van der Waals surface area contributed by atoms with Gasteiger partial charge < -0.3 is 0 Å². The summed E-state index contributed by atoms with van der Waals surface area (Å²) in [7, 11) is 0. The number of fused-ring (bicyclic) bond motifs is 6. The Hall–Kier alpha value is -5.93. The van der Waals surface area contributed by atoms with E-state index in [4.69, 9.17) is 13.1 Å². The van der Waals surface area contributed by atoms with E-state index in [0.717, 1.165) is 33.2 Å². The third-order valence-electron chi connectivity index (χ3n) is 8.21. The summed E-state index contributed by atoms with van der Waals surface area (Å²) < 4.78 is 68.1. The predicted molar refractivity (Wildman–Crippen MR) is 164 cm³/mol. The maximum Gasteiger partial charge on any atom is 0.419 e. The molecule has 9 heteroatoms. The molecule has 0 N–H and O–H groups in total. The maximum absolute atomic E-state index is 14.4. The maximum atomic E-state index is 14.4. The highest BCUT2D eigenvalue weighted by molar-refractivity contribution is 6.21. The molecule has 0 saturated carbocycles. The van der Waals surface area contributed by atoms with Crippen LogP contribution in [0.3, 0.4) is 0 Å². The molecule has 4 nitrogen and oxygen atoms in total. The van der Waals surface area contributed by atoms with Gasteiger partial charge in [0.2, 0.25) is 0 Å². The normalized spacial score (nSPS) is 12.9. The van der Waals surface area contributed by atoms with Crippen molar-refractivity contribution in [1.29, 1.82) is 0 Å². The van der Waals surface area contributed by atoms with Crippen LogP contribution in [-0.2, 0) is 6.18 Å². The third-order valence-corrected chi connectivity index (χ3v) is 8.21. The minimum Gasteiger partial charge on any atom is -0.207 e. The Kier molecular flexibility index (Phi) is 6.24. The zero-order valence-corrected chi connectivity index (χ0v) is 23.3. The van der Waals surface area contributed by atoms with Gasteiger partial charge >= 0.3 is 6.18 Å². The minimum atomic E-state index is -4.81. The van der Waals surface area contributed by atoms with Gasteiger partial charge in [0.25, 0.3) is 0 Å². The number of alkyl halides is 3. The van der Waals surface area contributed by atoms with Gasteiger partial charge in [0.15, 0.2) is 10.7 Å². The van der Waals surface area contributed by atoms with Crippen LogP contribution in [0.1, 0.15) is 11.1 Å². The summed E-state index contributed by atoms with van der Waals surface area (Å²) in [5.41, 5.74) is 1.34. The van der Waals surface area contributed by atoms with Gasteiger partial charge in [-0.25, -0.2) is 8.78 Å². The van der Waals surface area contributed by atoms with Crippen molar-refractivity contribution in [2.45, 2.75) is 13.1 Å². The predicted octanol–water partition coefficient (Wildman–Crippen LogP) is 9.58. The Labute approximate surface area is 251 Å². The van der Waals surface area contributed by atoms with Gasteiger partial charge in [-0.3, -0.25) is 0 Å². The molecule has 216 valence electrons. The summed E-state index contributed by atoms with van der Waals surface area (Å²) in [6.45, 7) is 16.6. The molecular formula is C36H17F5N4. The van der Waals surface area contributed by atoms with Crippen LogP contribution in [0, 0.1) is 31.7 Å². The van der Waals surface area contributed by atoms with Gasteiger partial charge in [-0.2, -0.15) is 26.3 Å². The quantitative estimate of drug-likeness (QED) is 0.108. The number of halogens is 5. The largest absolute Gasteiger partial charge is 0.419 e. The van der Waals surface area contributed by atoms with Crippen molar-refractivity contribution in [2.24, 2.45) is 10.2 Å². The average Bonchev–Trinajstić information content (AvgIpc) is 3.48. The molecule has 0 amide bonds. The van der Waals surface area contributed by atoms with Gasteiger partial charge in [-0.05, 0) is 98.8 Å². The number of rotatable bonds is 2. The number of benzene rings is 5. The molecule has 0 aliphatic rings. The average molecular weight is 601 g/mol. The van der Waals surface area contributed by atoms with E-state index in [1.54, 1.807) is 31.2 Å². The molecule has 0 radical (unpaired) electrons. The van der Waals surface area contributed by atoms with Gasteiger partial charge in [-0.1, -0.05) is 42.5 Å². The Balaban J connectivity index is 1.48. The first kappa shape index (κ1) is 27.9. The summed E-state index contributed by atoms with van der Waals surface area (Å²) in [6.07, 6.45) is -4.81. The fraction of sp³-hybridized carbons (Fsp3) is 0.0556. The van der Waals surface area contributed by atoms with E-state index >= 15 is 0 Å². The van der Waals surface area contributed by atoms with Crippen LogP contribution in [-0.4, -0.2) is 0 Å². The van der Waals surface area contributed by atoms with Crippen LogP contribution >= 0.6 is 0 Å². The van der Waals surface area contributed by atoms with Crippen molar-refractivity contribution in [3.8, 4) is 22.3 Å². The zero-order chi connectivity index (χ0) is 31.6. The van der Waals surface area contributed by atoms with Crippen LogP contribution in [0.4, 0.5) is 22.0 Å². The van der Waals surface area contributed by atoms with E-state index in [-0.39, 0.29) is 11.4 Å². The van der Waals surface area contributed by atoms with Gasteiger partial charge in [0.05, 0.1) is 15.8 Å². The molecule has 0 aromatic heterocycles. The van der Waals surface area contributed by atoms with Crippen molar-refractivity contribution >= 4 is 43.1 Å². The highest BCUT2D eigenvalue weighted by Gasteiger charge is 2.34. The van der Waals surface area contributed by atoms with E-state index in [1.165, 1.54) is 12.1 Å². The van der Waals surface area contributed by atoms with Gasteiger partial charge in [0.1, 0.15) is 11.6 Å². The van der Waals surface area contributed by atoms with E-state index in [1.807, 2.05) is 36.4 Å². The number of nitrogens with zero attached hydrogens (tertiary/aromatic N) is 4. The summed E-state index contributed by atoms with van der Waals surface area (Å²) in [5.74, 6) is -1.70. The number of hydrogen-bond donors (Lipinski definition) is 0. The number of hydrogen-bond acceptors (Lipinski definition) is 2. The second-order valence-corrected chi connectivity index (χ2v) is 10.7. The number of aryl methyl sites for hydroxylation is 1. The third kappa shape index (κ3) is 4.40. The Morgan fingerprint density at radius 3 is 1.40 bits per heavy atom. The molecule has 0 bridgehead atoms. The molecule has 0 fully saturated rings. The molecule has 0 spiro atoms. The monoisotopic (exact) mass is 600 g/mol. The topological polar surface area (TPSA) is 33.4 Å². The van der Waals surface area contributed by atoms with Crippen molar-refractivity contribution in [1.82, 2.24) is 0 Å². The first-order valence-corrected chi connectivity index (χ1v) is 13.6. The molecule has 0 aliphatic heterocycles. The highest BCUT2D eigenvalue weighted by Crippen LogP contribution is 2.37. The zero-order valence-electron chi connectivity index (χ0n) is 23.3. The molecule has 45 heavy (non-hydrogen) atoms. The van der Waals surface area contributed by atoms with Crippen molar-refractivity contribution in [3.63, 3.8) is 0 Å². The molecular weight excluding hydrogens is 583 g/mol. The molecule has 0 unspecified atom stereocenters. The lowest BCUT2D eigenvalue weighted by Crippen LogP contribution is -2.07. The molecule has 0 atom stereocenters. The Bertz CT molecular complexity index is 2590. The lowest BCUT2D eigenvalue weighted by molar-refractivity contribution is -0.139. The minimum absolute atomic E-state index is 0.244. The lowest BCUT2D eigenvalue weighted by Gasteiger charge is -2.09. The summed E-state index contributed by atoms with van der Waals surface area (Å²) in [5, 5.41) is 14.7. The first-order chi connectivity index (χ1) is 21.6. The smallest absolute Gasteiger partial charge is 0.207 e. The van der Waals surface area contributed by atoms with Gasteiger partial charge in [0, 0.05) is 21.5 Å². The fourth-order valence-corrected chi connectivity index (χ4v) is 6.05. The van der Waals surface area contributed by atoms with Crippen LogP contribution < -0.4 is 10.7 Å². The summed E-state index contributed by atoms with van der Waals surface area (Å²) in [4.78, 5) is 6.56. The van der Waals surface area contributed by atoms with Crippen molar-refractivity contribution in [2.75, 3.05) is 0 Å².